The van der Waals surface area contributed by atoms with Crippen molar-refractivity contribution in [2.75, 3.05) is 6.54 Å². The van der Waals surface area contributed by atoms with Gasteiger partial charge in [0, 0.05) is 6.04 Å². The first-order valence-electron chi connectivity index (χ1n) is 7.59. The van der Waals surface area contributed by atoms with Crippen LogP contribution in [-0.4, -0.2) is 24.0 Å². The molecule has 1 amide bonds. The smallest absolute Gasteiger partial charge is 0.240 e. The van der Waals surface area contributed by atoms with Gasteiger partial charge in [-0.25, -0.2) is 0 Å². The predicted octanol–water partition coefficient (Wildman–Crippen LogP) is 2.88. The number of hydrogen-bond donors (Lipinski definition) is 2. The normalized spacial score (nSPS) is 39.2. The lowest BCUT2D eigenvalue weighted by atomic mass is 9.77. The fourth-order valence-corrected chi connectivity index (χ4v) is 3.36. The first-order valence-corrected chi connectivity index (χ1v) is 7.59. The Labute approximate surface area is 123 Å². The van der Waals surface area contributed by atoms with Crippen molar-refractivity contribution >= 4 is 18.3 Å². The second-order valence-corrected chi connectivity index (χ2v) is 6.56. The zero-order valence-electron chi connectivity index (χ0n) is 12.5. The van der Waals surface area contributed by atoms with Crippen LogP contribution in [0.5, 0.6) is 0 Å². The van der Waals surface area contributed by atoms with Crippen LogP contribution in [-0.2, 0) is 4.79 Å². The standard InChI is InChI=1S/C15H28N2O.ClH/c1-11-7-6-8-13(12(11)2)17-14(18)15(3)9-4-5-10-16-15;/h11-13,16H,4-10H2,1-3H3,(H,17,18);1H. The van der Waals surface area contributed by atoms with Gasteiger partial charge in [0.1, 0.15) is 0 Å². The molecule has 0 aromatic heterocycles. The highest BCUT2D eigenvalue weighted by atomic mass is 35.5. The summed E-state index contributed by atoms with van der Waals surface area (Å²) in [4.78, 5) is 12.5. The van der Waals surface area contributed by atoms with Gasteiger partial charge in [-0.1, -0.05) is 26.7 Å². The molecule has 2 fully saturated rings. The summed E-state index contributed by atoms with van der Waals surface area (Å²) in [6.45, 7) is 7.62. The third-order valence-corrected chi connectivity index (χ3v) is 5.14. The number of amides is 1. The van der Waals surface area contributed by atoms with Crippen LogP contribution in [0, 0.1) is 11.8 Å². The van der Waals surface area contributed by atoms with E-state index in [1.54, 1.807) is 0 Å². The molecule has 0 spiro atoms. The summed E-state index contributed by atoms with van der Waals surface area (Å²) in [5.41, 5.74) is -0.335. The predicted molar refractivity (Wildman–Crippen MR) is 81.6 cm³/mol. The molecule has 2 N–H and O–H groups in total. The van der Waals surface area contributed by atoms with Gasteiger partial charge >= 0.3 is 0 Å². The summed E-state index contributed by atoms with van der Waals surface area (Å²) < 4.78 is 0. The van der Waals surface area contributed by atoms with Crippen molar-refractivity contribution in [1.29, 1.82) is 0 Å². The van der Waals surface area contributed by atoms with E-state index in [0.29, 0.717) is 12.0 Å². The Balaban J connectivity index is 0.00000180. The van der Waals surface area contributed by atoms with Crippen molar-refractivity contribution in [3.05, 3.63) is 0 Å². The molecule has 1 aliphatic carbocycles. The molecule has 4 unspecified atom stereocenters. The molecule has 0 bridgehead atoms. The van der Waals surface area contributed by atoms with Crippen LogP contribution in [0.15, 0.2) is 0 Å². The van der Waals surface area contributed by atoms with E-state index < -0.39 is 0 Å². The van der Waals surface area contributed by atoms with E-state index in [2.05, 4.69) is 31.4 Å². The van der Waals surface area contributed by atoms with Crippen molar-refractivity contribution in [2.45, 2.75) is 70.9 Å². The Kier molecular flexibility index (Phi) is 6.13. The highest BCUT2D eigenvalue weighted by Gasteiger charge is 2.37. The summed E-state index contributed by atoms with van der Waals surface area (Å²) in [6.07, 6.45) is 7.03. The van der Waals surface area contributed by atoms with Gasteiger partial charge in [0.05, 0.1) is 5.54 Å². The van der Waals surface area contributed by atoms with Crippen LogP contribution >= 0.6 is 12.4 Å². The van der Waals surface area contributed by atoms with E-state index in [4.69, 9.17) is 0 Å². The first-order chi connectivity index (χ1) is 8.53. The molecular weight excluding hydrogens is 260 g/mol. The second-order valence-electron chi connectivity index (χ2n) is 6.56. The van der Waals surface area contributed by atoms with Crippen molar-refractivity contribution in [3.63, 3.8) is 0 Å². The zero-order chi connectivity index (χ0) is 13.2. The van der Waals surface area contributed by atoms with Crippen molar-refractivity contribution in [1.82, 2.24) is 10.6 Å². The minimum atomic E-state index is -0.335. The minimum absolute atomic E-state index is 0. The molecule has 1 saturated carbocycles. The monoisotopic (exact) mass is 288 g/mol. The molecule has 0 aromatic carbocycles. The highest BCUT2D eigenvalue weighted by molar-refractivity contribution is 5.86. The SMILES string of the molecule is CC1CCCC(NC(=O)C2(C)CCCCN2)C1C.Cl. The third kappa shape index (κ3) is 3.85. The van der Waals surface area contributed by atoms with Gasteiger partial charge in [0.15, 0.2) is 0 Å². The number of hydrogen-bond acceptors (Lipinski definition) is 2. The molecule has 0 aromatic rings. The van der Waals surface area contributed by atoms with Gasteiger partial charge in [0.25, 0.3) is 0 Å². The minimum Gasteiger partial charge on any atom is -0.351 e. The van der Waals surface area contributed by atoms with E-state index >= 15 is 0 Å². The molecule has 1 saturated heterocycles. The number of carbonyl (C=O) groups excluding carboxylic acids is 1. The molecular formula is C15H29ClN2O. The quantitative estimate of drug-likeness (QED) is 0.820. The summed E-state index contributed by atoms with van der Waals surface area (Å²) in [7, 11) is 0. The fourth-order valence-electron chi connectivity index (χ4n) is 3.36. The number of halogens is 1. The molecule has 3 nitrogen and oxygen atoms in total. The second kappa shape index (κ2) is 6.94. The summed E-state index contributed by atoms with van der Waals surface area (Å²) >= 11 is 0. The Bertz CT molecular complexity index is 303. The molecule has 19 heavy (non-hydrogen) atoms. The number of rotatable bonds is 2. The van der Waals surface area contributed by atoms with E-state index in [-0.39, 0.29) is 23.9 Å². The average Bonchev–Trinajstić information content (AvgIpc) is 2.36. The Hall–Kier alpha value is -0.280. The molecule has 1 aliphatic heterocycles. The molecule has 112 valence electrons. The van der Waals surface area contributed by atoms with E-state index in [1.165, 1.54) is 19.3 Å². The molecule has 4 atom stereocenters. The zero-order valence-corrected chi connectivity index (χ0v) is 13.3. The highest BCUT2D eigenvalue weighted by Crippen LogP contribution is 2.30. The fraction of sp³-hybridized carbons (Fsp3) is 0.933. The molecule has 2 aliphatic rings. The van der Waals surface area contributed by atoms with Gasteiger partial charge in [-0.05, 0) is 51.0 Å². The van der Waals surface area contributed by atoms with E-state index in [1.807, 2.05) is 0 Å². The van der Waals surface area contributed by atoms with Crippen LogP contribution in [0.2, 0.25) is 0 Å². The van der Waals surface area contributed by atoms with Crippen molar-refractivity contribution in [2.24, 2.45) is 11.8 Å². The van der Waals surface area contributed by atoms with Crippen LogP contribution in [0.1, 0.15) is 59.3 Å². The lowest BCUT2D eigenvalue weighted by Crippen LogP contribution is -2.59. The maximum absolute atomic E-state index is 12.5. The lowest BCUT2D eigenvalue weighted by Gasteiger charge is -2.39. The number of carbonyl (C=O) groups is 1. The largest absolute Gasteiger partial charge is 0.351 e. The van der Waals surface area contributed by atoms with Crippen LogP contribution in [0.4, 0.5) is 0 Å². The Morgan fingerprint density at radius 1 is 1.21 bits per heavy atom. The first kappa shape index (κ1) is 16.8. The average molecular weight is 289 g/mol. The van der Waals surface area contributed by atoms with Gasteiger partial charge in [0.2, 0.25) is 5.91 Å². The van der Waals surface area contributed by atoms with Crippen molar-refractivity contribution in [3.8, 4) is 0 Å². The molecule has 4 heteroatoms. The summed E-state index contributed by atoms with van der Waals surface area (Å²) in [5.74, 6) is 1.55. The van der Waals surface area contributed by atoms with Crippen LogP contribution in [0.25, 0.3) is 0 Å². The third-order valence-electron chi connectivity index (χ3n) is 5.14. The van der Waals surface area contributed by atoms with Crippen LogP contribution < -0.4 is 10.6 Å². The Morgan fingerprint density at radius 2 is 1.95 bits per heavy atom. The van der Waals surface area contributed by atoms with Gasteiger partial charge < -0.3 is 10.6 Å². The van der Waals surface area contributed by atoms with Gasteiger partial charge in [-0.3, -0.25) is 4.79 Å². The number of piperidine rings is 1. The van der Waals surface area contributed by atoms with Crippen LogP contribution in [0.3, 0.4) is 0 Å². The lowest BCUT2D eigenvalue weighted by molar-refractivity contribution is -0.129. The Morgan fingerprint density at radius 3 is 2.58 bits per heavy atom. The topological polar surface area (TPSA) is 41.1 Å². The molecule has 0 radical (unpaired) electrons. The van der Waals surface area contributed by atoms with Gasteiger partial charge in [-0.15, -0.1) is 12.4 Å². The van der Waals surface area contributed by atoms with Crippen molar-refractivity contribution < 1.29 is 4.79 Å². The number of nitrogens with one attached hydrogen (secondary N) is 2. The summed E-state index contributed by atoms with van der Waals surface area (Å²) in [6, 6.07) is 0.377. The molecule has 1 heterocycles. The van der Waals surface area contributed by atoms with E-state index in [0.717, 1.165) is 31.7 Å². The molecule has 2 rings (SSSR count). The van der Waals surface area contributed by atoms with Gasteiger partial charge in [-0.2, -0.15) is 0 Å². The maximum atomic E-state index is 12.5. The maximum Gasteiger partial charge on any atom is 0.240 e. The van der Waals surface area contributed by atoms with E-state index in [9.17, 15) is 4.79 Å². The summed E-state index contributed by atoms with van der Waals surface area (Å²) in [5, 5.41) is 6.71.